The molecular weight excluding hydrogens is 294 g/mol. The van der Waals surface area contributed by atoms with Crippen LogP contribution in [0.2, 0.25) is 5.28 Å². The molecule has 8 heteroatoms. The van der Waals surface area contributed by atoms with Gasteiger partial charge in [-0.25, -0.2) is 4.98 Å². The van der Waals surface area contributed by atoms with E-state index in [0.717, 1.165) is 5.56 Å². The first-order chi connectivity index (χ1) is 10.0. The highest BCUT2D eigenvalue weighted by Crippen LogP contribution is 2.26. The van der Waals surface area contributed by atoms with Gasteiger partial charge in [-0.2, -0.15) is 10.2 Å². The molecule has 0 bridgehead atoms. The standard InChI is InChI=1S/C13H10ClN5O2/c1-8-11(19(20)21)12(18-13(14)17-8)16-7-10-4-2-3-9(5-10)6-15/h2-5H,7H2,1H3,(H,16,17,18). The van der Waals surface area contributed by atoms with Gasteiger partial charge in [-0.15, -0.1) is 0 Å². The fourth-order valence-corrected chi connectivity index (χ4v) is 2.02. The Morgan fingerprint density at radius 1 is 1.48 bits per heavy atom. The van der Waals surface area contributed by atoms with Gasteiger partial charge in [0.25, 0.3) is 0 Å². The number of hydrogen-bond donors (Lipinski definition) is 1. The summed E-state index contributed by atoms with van der Waals surface area (Å²) in [6, 6.07) is 8.94. The molecule has 2 aromatic rings. The van der Waals surface area contributed by atoms with Crippen LogP contribution in [-0.2, 0) is 6.54 Å². The second kappa shape index (κ2) is 6.15. The molecule has 1 aromatic carbocycles. The van der Waals surface area contributed by atoms with E-state index < -0.39 is 4.92 Å². The summed E-state index contributed by atoms with van der Waals surface area (Å²) in [6.07, 6.45) is 0. The molecule has 2 rings (SSSR count). The summed E-state index contributed by atoms with van der Waals surface area (Å²) in [6.45, 7) is 1.77. The number of anilines is 1. The van der Waals surface area contributed by atoms with Gasteiger partial charge in [0.1, 0.15) is 5.69 Å². The fraction of sp³-hybridized carbons (Fsp3) is 0.154. The number of nitro groups is 1. The minimum absolute atomic E-state index is 0.0554. The lowest BCUT2D eigenvalue weighted by Gasteiger charge is -2.08. The van der Waals surface area contributed by atoms with Gasteiger partial charge in [0.2, 0.25) is 11.1 Å². The van der Waals surface area contributed by atoms with Crippen molar-refractivity contribution in [2.24, 2.45) is 0 Å². The van der Waals surface area contributed by atoms with Crippen molar-refractivity contribution < 1.29 is 4.92 Å². The lowest BCUT2D eigenvalue weighted by Crippen LogP contribution is -2.07. The Balaban J connectivity index is 2.27. The summed E-state index contributed by atoms with van der Waals surface area (Å²) in [5, 5.41) is 22.7. The Morgan fingerprint density at radius 3 is 2.90 bits per heavy atom. The van der Waals surface area contributed by atoms with Crippen LogP contribution < -0.4 is 5.32 Å². The average Bonchev–Trinajstić information content (AvgIpc) is 2.44. The predicted molar refractivity (Wildman–Crippen MR) is 76.9 cm³/mol. The Morgan fingerprint density at radius 2 is 2.24 bits per heavy atom. The zero-order valence-corrected chi connectivity index (χ0v) is 11.8. The summed E-state index contributed by atoms with van der Waals surface area (Å²) in [5.41, 5.74) is 1.29. The molecule has 0 saturated carbocycles. The summed E-state index contributed by atoms with van der Waals surface area (Å²) in [4.78, 5) is 18.1. The van der Waals surface area contributed by atoms with E-state index in [1.54, 1.807) is 24.3 Å². The smallest absolute Gasteiger partial charge is 0.332 e. The molecule has 0 atom stereocenters. The molecule has 1 aromatic heterocycles. The minimum Gasteiger partial charge on any atom is -0.360 e. The molecule has 0 radical (unpaired) electrons. The van der Waals surface area contributed by atoms with Crippen LogP contribution in [0.15, 0.2) is 24.3 Å². The van der Waals surface area contributed by atoms with Gasteiger partial charge in [-0.3, -0.25) is 10.1 Å². The van der Waals surface area contributed by atoms with Gasteiger partial charge in [0.05, 0.1) is 16.6 Å². The van der Waals surface area contributed by atoms with Crippen LogP contribution in [0.1, 0.15) is 16.8 Å². The van der Waals surface area contributed by atoms with Crippen LogP contribution in [0.3, 0.4) is 0 Å². The molecule has 0 amide bonds. The van der Waals surface area contributed by atoms with Crippen LogP contribution in [-0.4, -0.2) is 14.9 Å². The first kappa shape index (κ1) is 14.7. The largest absolute Gasteiger partial charge is 0.360 e. The van der Waals surface area contributed by atoms with Crippen molar-refractivity contribution >= 4 is 23.1 Å². The van der Waals surface area contributed by atoms with E-state index in [1.165, 1.54) is 6.92 Å². The van der Waals surface area contributed by atoms with Crippen molar-refractivity contribution in [3.8, 4) is 6.07 Å². The maximum absolute atomic E-state index is 11.1. The number of halogens is 1. The van der Waals surface area contributed by atoms with Crippen molar-refractivity contribution in [1.82, 2.24) is 9.97 Å². The monoisotopic (exact) mass is 303 g/mol. The van der Waals surface area contributed by atoms with Gasteiger partial charge in [0.15, 0.2) is 0 Å². The third kappa shape index (κ3) is 3.43. The molecule has 1 N–H and O–H groups in total. The summed E-state index contributed by atoms with van der Waals surface area (Å²) in [5.74, 6) is 0.0554. The molecule has 0 unspecified atom stereocenters. The zero-order valence-electron chi connectivity index (χ0n) is 11.0. The maximum Gasteiger partial charge on any atom is 0.332 e. The highest BCUT2D eigenvalue weighted by molar-refractivity contribution is 6.28. The van der Waals surface area contributed by atoms with Crippen molar-refractivity contribution in [2.75, 3.05) is 5.32 Å². The van der Waals surface area contributed by atoms with Crippen LogP contribution in [0, 0.1) is 28.4 Å². The van der Waals surface area contributed by atoms with E-state index in [0.29, 0.717) is 5.56 Å². The van der Waals surface area contributed by atoms with Crippen molar-refractivity contribution in [2.45, 2.75) is 13.5 Å². The highest BCUT2D eigenvalue weighted by Gasteiger charge is 2.21. The van der Waals surface area contributed by atoms with Crippen molar-refractivity contribution in [3.63, 3.8) is 0 Å². The van der Waals surface area contributed by atoms with E-state index in [1.807, 2.05) is 6.07 Å². The third-order valence-electron chi connectivity index (χ3n) is 2.73. The van der Waals surface area contributed by atoms with Gasteiger partial charge in [0, 0.05) is 6.54 Å². The fourth-order valence-electron chi connectivity index (χ4n) is 1.81. The molecule has 7 nitrogen and oxygen atoms in total. The van der Waals surface area contributed by atoms with Crippen molar-refractivity contribution in [3.05, 3.63) is 56.5 Å². The molecule has 1 heterocycles. The van der Waals surface area contributed by atoms with Gasteiger partial charge in [-0.1, -0.05) is 12.1 Å². The summed E-state index contributed by atoms with van der Waals surface area (Å²) >= 11 is 5.73. The Hall–Kier alpha value is -2.72. The molecule has 21 heavy (non-hydrogen) atoms. The first-order valence-electron chi connectivity index (χ1n) is 5.92. The van der Waals surface area contributed by atoms with Gasteiger partial charge < -0.3 is 5.32 Å². The maximum atomic E-state index is 11.1. The molecule has 0 fully saturated rings. The highest BCUT2D eigenvalue weighted by atomic mass is 35.5. The number of nitrogens with one attached hydrogen (secondary N) is 1. The van der Waals surface area contributed by atoms with E-state index in [9.17, 15) is 10.1 Å². The lowest BCUT2D eigenvalue weighted by molar-refractivity contribution is -0.385. The normalized spacial score (nSPS) is 9.95. The third-order valence-corrected chi connectivity index (χ3v) is 2.90. The molecule has 0 saturated heterocycles. The van der Waals surface area contributed by atoms with E-state index in [4.69, 9.17) is 16.9 Å². The number of aryl methyl sites for hydroxylation is 1. The Bertz CT molecular complexity index is 742. The first-order valence-corrected chi connectivity index (χ1v) is 6.30. The molecule has 0 aliphatic carbocycles. The second-order valence-corrected chi connectivity index (χ2v) is 4.54. The van der Waals surface area contributed by atoms with Crippen molar-refractivity contribution in [1.29, 1.82) is 5.26 Å². The van der Waals surface area contributed by atoms with Crippen LogP contribution in [0.4, 0.5) is 11.5 Å². The Labute approximate surface area is 125 Å². The number of hydrogen-bond acceptors (Lipinski definition) is 6. The molecule has 0 spiro atoms. The van der Waals surface area contributed by atoms with Crippen LogP contribution in [0.5, 0.6) is 0 Å². The minimum atomic E-state index is -0.556. The number of aromatic nitrogens is 2. The lowest BCUT2D eigenvalue weighted by atomic mass is 10.1. The predicted octanol–water partition coefficient (Wildman–Crippen LogP) is 2.83. The molecule has 0 aliphatic heterocycles. The van der Waals surface area contributed by atoms with E-state index in [-0.39, 0.29) is 29.0 Å². The molecule has 0 aliphatic rings. The Kier molecular flexibility index (Phi) is 4.30. The zero-order chi connectivity index (χ0) is 15.4. The number of nitriles is 1. The van der Waals surface area contributed by atoms with E-state index in [2.05, 4.69) is 15.3 Å². The number of nitrogens with zero attached hydrogens (tertiary/aromatic N) is 4. The summed E-state index contributed by atoms with van der Waals surface area (Å²) in [7, 11) is 0. The van der Waals surface area contributed by atoms with Gasteiger partial charge in [-0.05, 0) is 36.2 Å². The van der Waals surface area contributed by atoms with Crippen LogP contribution in [0.25, 0.3) is 0 Å². The van der Waals surface area contributed by atoms with E-state index >= 15 is 0 Å². The quantitative estimate of drug-likeness (QED) is 0.529. The van der Waals surface area contributed by atoms with Crippen LogP contribution >= 0.6 is 11.6 Å². The average molecular weight is 304 g/mol. The second-order valence-electron chi connectivity index (χ2n) is 4.20. The van der Waals surface area contributed by atoms with Gasteiger partial charge >= 0.3 is 5.69 Å². The molecule has 106 valence electrons. The number of rotatable bonds is 4. The summed E-state index contributed by atoms with van der Waals surface area (Å²) < 4.78 is 0. The topological polar surface area (TPSA) is 105 Å². The number of benzene rings is 1. The SMILES string of the molecule is Cc1nc(Cl)nc(NCc2cccc(C#N)c2)c1[N+](=O)[O-]. The molecular formula is C13H10ClN5O2.